The summed E-state index contributed by atoms with van der Waals surface area (Å²) in [5.74, 6) is -0.410. The van der Waals surface area contributed by atoms with Crippen LogP contribution in [0.4, 0.5) is 0 Å². The lowest BCUT2D eigenvalue weighted by Crippen LogP contribution is -2.63. The molecule has 22 fully saturated rings. The van der Waals surface area contributed by atoms with Crippen molar-refractivity contribution < 1.29 is 70.8 Å². The van der Waals surface area contributed by atoms with Gasteiger partial charge in [0.15, 0.2) is 51.7 Å². The van der Waals surface area contributed by atoms with Gasteiger partial charge in [-0.1, -0.05) is 20.8 Å². The van der Waals surface area contributed by atoms with E-state index in [0.29, 0.717) is 52.3 Å². The fraction of sp³-hybridized carbons (Fsp3) is 0.974. The maximum atomic E-state index is 12.6. The summed E-state index contributed by atoms with van der Waals surface area (Å²) < 4.78 is 88.3. The van der Waals surface area contributed by atoms with Crippen LogP contribution < -0.4 is 0 Å². The van der Waals surface area contributed by atoms with Crippen molar-refractivity contribution in [2.24, 2.45) is 0 Å². The van der Waals surface area contributed by atoms with E-state index in [0.717, 1.165) is 44.9 Å². The molecule has 12 bridgehead atoms. The van der Waals surface area contributed by atoms with Gasteiger partial charge in [0.1, 0.15) is 6.10 Å². The molecule has 15 nitrogen and oxygen atoms in total. The van der Waals surface area contributed by atoms with Crippen molar-refractivity contribution >= 4 is 14.3 Å². The van der Waals surface area contributed by atoms with Gasteiger partial charge in [0.05, 0.1) is 76.8 Å². The zero-order valence-electron chi connectivity index (χ0n) is 33.8. The fourth-order valence-corrected chi connectivity index (χ4v) is 8.98. The van der Waals surface area contributed by atoms with Crippen LogP contribution in [0, 0.1) is 0 Å². The number of carbonyl (C=O) groups excluding carboxylic acids is 1. The number of carbonyl (C=O) groups is 1. The van der Waals surface area contributed by atoms with Crippen LogP contribution in [-0.4, -0.2) is 140 Å². The van der Waals surface area contributed by atoms with Crippen molar-refractivity contribution in [3.63, 3.8) is 0 Å². The minimum atomic E-state index is -2.24. The van der Waals surface area contributed by atoms with Gasteiger partial charge >= 0.3 is 5.97 Å². The molecule has 0 amide bonds. The minimum absolute atomic E-state index is 0.0335. The van der Waals surface area contributed by atoms with Crippen molar-refractivity contribution in [3.05, 3.63) is 0 Å². The SMILES string of the molecule is CC(=O)OC1CC2OCC1(CO[Si](C)(C)C(C)(C)C)OC1CCC(CO1)OC1CCC(CO1)OC1CCC(CO1)OC1CCC(CO1)OC1CCC(CO1)O2. The lowest BCUT2D eigenvalue weighted by atomic mass is 9.92. The van der Waals surface area contributed by atoms with E-state index in [-0.39, 0.29) is 80.4 Å². The molecule has 22 aliphatic heterocycles. The number of rotatable bonds is 4. The molecule has 16 heteroatoms. The maximum absolute atomic E-state index is 12.6. The molecular formula is C39H66O15Si. The van der Waals surface area contributed by atoms with Gasteiger partial charge in [-0.2, -0.15) is 0 Å². The molecule has 22 heterocycles. The maximum Gasteiger partial charge on any atom is 0.303 e. The van der Waals surface area contributed by atoms with E-state index in [2.05, 4.69) is 33.9 Å². The van der Waals surface area contributed by atoms with E-state index in [1.807, 2.05) is 0 Å². The average Bonchev–Trinajstić information content (AvgIpc) is 3.15. The van der Waals surface area contributed by atoms with Gasteiger partial charge in [-0.05, 0) is 50.2 Å². The van der Waals surface area contributed by atoms with Crippen molar-refractivity contribution in [2.45, 2.75) is 196 Å². The Bertz CT molecular complexity index is 1200. The van der Waals surface area contributed by atoms with E-state index in [9.17, 15) is 4.79 Å². The van der Waals surface area contributed by atoms with Crippen LogP contribution in [0.1, 0.15) is 98.3 Å². The molecule has 13 atom stereocenters. The third-order valence-electron chi connectivity index (χ3n) is 12.3. The monoisotopic (exact) mass is 802 g/mol. The molecule has 0 radical (unpaired) electrons. The molecule has 22 saturated heterocycles. The molecule has 22 aliphatic rings. The van der Waals surface area contributed by atoms with Crippen molar-refractivity contribution in [1.82, 2.24) is 0 Å². The Kier molecular flexibility index (Phi) is 14.3. The molecule has 0 aromatic carbocycles. The normalized spacial score (nSPS) is 42.7. The highest BCUT2D eigenvalue weighted by atomic mass is 28.4. The largest absolute Gasteiger partial charge is 0.459 e. The van der Waals surface area contributed by atoms with Gasteiger partial charge in [-0.15, -0.1) is 0 Å². The van der Waals surface area contributed by atoms with Gasteiger partial charge in [-0.25, -0.2) is 0 Å². The predicted octanol–water partition coefficient (Wildman–Crippen LogP) is 5.06. The first-order valence-electron chi connectivity index (χ1n) is 20.8. The van der Waals surface area contributed by atoms with E-state index >= 15 is 0 Å². The van der Waals surface area contributed by atoms with Crippen LogP contribution in [0.3, 0.4) is 0 Å². The zero-order valence-corrected chi connectivity index (χ0v) is 34.8. The zero-order chi connectivity index (χ0) is 38.6. The molecule has 0 N–H and O–H groups in total. The van der Waals surface area contributed by atoms with Crippen LogP contribution >= 0.6 is 0 Å². The van der Waals surface area contributed by atoms with E-state index in [1.165, 1.54) is 6.92 Å². The fourth-order valence-electron chi connectivity index (χ4n) is 7.94. The van der Waals surface area contributed by atoms with E-state index < -0.39 is 38.6 Å². The molecule has 316 valence electrons. The molecule has 0 aromatic heterocycles. The summed E-state index contributed by atoms with van der Waals surface area (Å²) in [4.78, 5) is 12.6. The lowest BCUT2D eigenvalue weighted by molar-refractivity contribution is -0.335. The van der Waals surface area contributed by atoms with Crippen LogP contribution in [0.5, 0.6) is 0 Å². The highest BCUT2D eigenvalue weighted by Crippen LogP contribution is 2.41. The number of hydrogen-bond acceptors (Lipinski definition) is 15. The van der Waals surface area contributed by atoms with Crippen molar-refractivity contribution in [2.75, 3.05) is 46.2 Å². The molecule has 0 aliphatic carbocycles. The summed E-state index contributed by atoms with van der Waals surface area (Å²) >= 11 is 0. The van der Waals surface area contributed by atoms with Crippen LogP contribution in [-0.2, 0) is 70.8 Å². The molecule has 55 heavy (non-hydrogen) atoms. The molecule has 22 rings (SSSR count). The van der Waals surface area contributed by atoms with Gasteiger partial charge in [0.2, 0.25) is 0 Å². The van der Waals surface area contributed by atoms with Gasteiger partial charge in [0.25, 0.3) is 0 Å². The molecular weight excluding hydrogens is 737 g/mol. The second-order valence-corrected chi connectivity index (χ2v) is 22.6. The summed E-state index contributed by atoms with van der Waals surface area (Å²) in [6.45, 7) is 14.7. The van der Waals surface area contributed by atoms with E-state index in [1.54, 1.807) is 0 Å². The summed E-state index contributed by atoms with van der Waals surface area (Å²) in [6, 6.07) is 0. The standard InChI is InChI=1S/C39H66O15Si/c1-25(40)48-31-17-37-46-23-39(31,24-47-55(5,6)38(2,3)4)54-36-16-11-29(22-45-36)52-34-14-9-27(20-43-34)50-32-12-7-26(18-41-32)49-33-13-8-28(19-42-33)51-35-15-10-30(53-37)21-44-35/h26-37H,7-24H2,1-6H3. The third kappa shape index (κ3) is 11.5. The predicted molar refractivity (Wildman–Crippen MR) is 196 cm³/mol. The highest BCUT2D eigenvalue weighted by Gasteiger charge is 2.53. The van der Waals surface area contributed by atoms with Crippen LogP contribution in [0.2, 0.25) is 18.1 Å². The van der Waals surface area contributed by atoms with Crippen LogP contribution in [0.25, 0.3) is 0 Å². The Labute approximate surface area is 327 Å². The quantitative estimate of drug-likeness (QED) is 0.275. The van der Waals surface area contributed by atoms with Gasteiger partial charge < -0.3 is 66.0 Å². The van der Waals surface area contributed by atoms with Gasteiger partial charge in [-0.3, -0.25) is 4.79 Å². The molecule has 0 spiro atoms. The summed E-state index contributed by atoms with van der Waals surface area (Å²) in [7, 11) is -2.24. The number of esters is 1. The van der Waals surface area contributed by atoms with Crippen molar-refractivity contribution in [3.8, 4) is 0 Å². The Morgan fingerprint density at radius 3 is 1.31 bits per heavy atom. The topological polar surface area (TPSA) is 146 Å². The average molecular weight is 803 g/mol. The highest BCUT2D eigenvalue weighted by molar-refractivity contribution is 6.74. The Morgan fingerprint density at radius 2 is 0.964 bits per heavy atom. The first-order chi connectivity index (χ1) is 26.3. The lowest BCUT2D eigenvalue weighted by Gasteiger charge is -2.49. The van der Waals surface area contributed by atoms with Gasteiger partial charge in [0, 0.05) is 45.4 Å². The second kappa shape index (κ2) is 18.6. The first kappa shape index (κ1) is 42.3. The Morgan fingerprint density at radius 1 is 0.582 bits per heavy atom. The molecule has 0 saturated carbocycles. The smallest absolute Gasteiger partial charge is 0.303 e. The molecule has 0 aromatic rings. The third-order valence-corrected chi connectivity index (χ3v) is 16.8. The number of ether oxygens (including phenoxy) is 13. The summed E-state index contributed by atoms with van der Waals surface area (Å²) in [6.07, 6.45) is 4.01. The second-order valence-electron chi connectivity index (χ2n) is 17.8. The Balaban J connectivity index is 1.02. The van der Waals surface area contributed by atoms with E-state index in [4.69, 9.17) is 66.0 Å². The first-order valence-corrected chi connectivity index (χ1v) is 23.7. The Hall–Kier alpha value is -0.833. The summed E-state index contributed by atoms with van der Waals surface area (Å²) in [5, 5.41) is -0.0452. The van der Waals surface area contributed by atoms with Crippen molar-refractivity contribution in [1.29, 1.82) is 0 Å². The van der Waals surface area contributed by atoms with Crippen LogP contribution in [0.15, 0.2) is 0 Å². The minimum Gasteiger partial charge on any atom is -0.459 e. The summed E-state index contributed by atoms with van der Waals surface area (Å²) in [5.41, 5.74) is -1.11. The number of hydrogen-bond donors (Lipinski definition) is 0. The molecule has 13 unspecified atom stereocenters.